The van der Waals surface area contributed by atoms with Gasteiger partial charge in [-0.15, -0.1) is 11.3 Å². The van der Waals surface area contributed by atoms with Gasteiger partial charge in [0.15, 0.2) is 0 Å². The number of rotatable bonds is 7. The minimum absolute atomic E-state index is 0.0236. The van der Waals surface area contributed by atoms with E-state index in [-0.39, 0.29) is 11.7 Å². The van der Waals surface area contributed by atoms with Crippen LogP contribution in [-0.2, 0) is 6.42 Å². The predicted octanol–water partition coefficient (Wildman–Crippen LogP) is 5.95. The molecule has 188 valence electrons. The fourth-order valence-electron chi connectivity index (χ4n) is 5.79. The van der Waals surface area contributed by atoms with Gasteiger partial charge in [-0.25, -0.2) is 4.98 Å². The molecule has 1 saturated carbocycles. The largest absolute Gasteiger partial charge is 0.490 e. The van der Waals surface area contributed by atoms with Gasteiger partial charge in [-0.3, -0.25) is 9.36 Å². The van der Waals surface area contributed by atoms with Gasteiger partial charge in [-0.05, 0) is 88.2 Å². The van der Waals surface area contributed by atoms with E-state index in [2.05, 4.69) is 47.8 Å². The van der Waals surface area contributed by atoms with Gasteiger partial charge in [0.1, 0.15) is 22.9 Å². The zero-order valence-electron chi connectivity index (χ0n) is 21.3. The number of unbranched alkanes of at least 4 members (excludes halogenated alkanes) is 2. The molecule has 1 aliphatic carbocycles. The van der Waals surface area contributed by atoms with E-state index in [0.29, 0.717) is 22.7 Å². The van der Waals surface area contributed by atoms with Crippen LogP contribution in [0.3, 0.4) is 0 Å². The summed E-state index contributed by atoms with van der Waals surface area (Å²) >= 11 is 1.46. The van der Waals surface area contributed by atoms with Gasteiger partial charge >= 0.3 is 0 Å². The molecule has 1 unspecified atom stereocenters. The third-order valence-electron chi connectivity index (χ3n) is 8.14. The molecule has 2 aromatic heterocycles. The van der Waals surface area contributed by atoms with Crippen molar-refractivity contribution >= 4 is 21.6 Å². The van der Waals surface area contributed by atoms with Crippen LogP contribution in [0.4, 0.5) is 0 Å². The average molecular weight is 502 g/mol. The summed E-state index contributed by atoms with van der Waals surface area (Å²) in [5, 5.41) is 0. The molecule has 3 aromatic rings. The zero-order chi connectivity index (χ0) is 24.6. The molecule has 0 amide bonds. The number of fused-ring (bicyclic) bond motifs is 3. The van der Waals surface area contributed by atoms with Crippen molar-refractivity contribution in [3.8, 4) is 23.3 Å². The lowest BCUT2D eigenvalue weighted by Crippen LogP contribution is -2.43. The molecule has 3 fully saturated rings. The lowest BCUT2D eigenvalue weighted by Gasteiger charge is -2.36. The Morgan fingerprint density at radius 2 is 1.92 bits per heavy atom. The number of aryl methyl sites for hydroxylation is 1. The van der Waals surface area contributed by atoms with Crippen LogP contribution in [0.1, 0.15) is 75.2 Å². The lowest BCUT2D eigenvalue weighted by molar-refractivity contribution is 0.0655. The van der Waals surface area contributed by atoms with E-state index >= 15 is 0 Å². The predicted molar refractivity (Wildman–Crippen MR) is 146 cm³/mol. The Bertz CT molecular complexity index is 1360. The number of ether oxygens (including phenoxy) is 1. The molecule has 0 spiro atoms. The molecule has 3 aliphatic rings. The number of benzene rings is 1. The van der Waals surface area contributed by atoms with Gasteiger partial charge in [-0.2, -0.15) is 0 Å². The number of aromatic nitrogens is 2. The van der Waals surface area contributed by atoms with Gasteiger partial charge in [0.05, 0.1) is 16.1 Å². The van der Waals surface area contributed by atoms with Crippen LogP contribution in [-0.4, -0.2) is 39.7 Å². The average Bonchev–Trinajstić information content (AvgIpc) is 3.58. The number of thiophene rings is 1. The van der Waals surface area contributed by atoms with Crippen molar-refractivity contribution in [2.75, 3.05) is 7.05 Å². The first kappa shape index (κ1) is 23.8. The van der Waals surface area contributed by atoms with Crippen LogP contribution in [0.25, 0.3) is 15.9 Å². The van der Waals surface area contributed by atoms with E-state index in [9.17, 15) is 4.79 Å². The van der Waals surface area contributed by atoms with Crippen molar-refractivity contribution in [3.63, 3.8) is 0 Å². The van der Waals surface area contributed by atoms with Crippen molar-refractivity contribution in [1.29, 1.82) is 0 Å². The van der Waals surface area contributed by atoms with E-state index < -0.39 is 0 Å². The summed E-state index contributed by atoms with van der Waals surface area (Å²) < 4.78 is 9.00. The highest BCUT2D eigenvalue weighted by molar-refractivity contribution is 7.19. The molecular formula is C30H35N3O2S. The monoisotopic (exact) mass is 501 g/mol. The Kier molecular flexibility index (Phi) is 6.62. The highest BCUT2D eigenvalue weighted by atomic mass is 32.1. The van der Waals surface area contributed by atoms with Crippen molar-refractivity contribution in [2.24, 2.45) is 5.92 Å². The summed E-state index contributed by atoms with van der Waals surface area (Å²) in [7, 11) is 2.27. The molecule has 2 aliphatic heterocycles. The van der Waals surface area contributed by atoms with E-state index in [0.717, 1.165) is 47.5 Å². The first-order chi connectivity index (χ1) is 17.6. The van der Waals surface area contributed by atoms with Crippen molar-refractivity contribution < 1.29 is 4.74 Å². The maximum Gasteiger partial charge on any atom is 0.275 e. The molecule has 2 bridgehead atoms. The second-order valence-electron chi connectivity index (χ2n) is 10.8. The van der Waals surface area contributed by atoms with Crippen molar-refractivity contribution in [1.82, 2.24) is 14.5 Å². The molecule has 6 rings (SSSR count). The quantitative estimate of drug-likeness (QED) is 0.297. The second kappa shape index (κ2) is 10.0. The van der Waals surface area contributed by atoms with E-state index in [4.69, 9.17) is 4.74 Å². The third-order valence-corrected chi connectivity index (χ3v) is 9.16. The number of piperidine rings is 1. The molecule has 3 atom stereocenters. The second-order valence-corrected chi connectivity index (χ2v) is 11.9. The maximum absolute atomic E-state index is 13.4. The Hall–Kier alpha value is -2.62. The highest BCUT2D eigenvalue weighted by Gasteiger charge is 2.39. The van der Waals surface area contributed by atoms with E-state index in [1.807, 2.05) is 12.1 Å². The lowest BCUT2D eigenvalue weighted by atomic mass is 10.00. The normalized spacial score (nSPS) is 23.6. The summed E-state index contributed by atoms with van der Waals surface area (Å²) in [6, 6.07) is 9.48. The highest BCUT2D eigenvalue weighted by Crippen LogP contribution is 2.37. The SMILES string of the molecule is CCCCCc1cc(-n2cnc3cc(C#CC4CC4)sc3c2=O)ccc1OC1C[C@H]2CC[C@@H](C1)N2C. The molecular weight excluding hydrogens is 466 g/mol. The minimum Gasteiger partial charge on any atom is -0.490 e. The standard InChI is InChI=1S/C30H35N3O2S/c1-3-4-5-6-21-15-24(12-14-28(21)35-25-16-22-10-11-23(17-25)32(22)2)33-19-31-27-18-26(13-9-20-7-8-20)36-29(27)30(33)34/h12,14-15,18-20,22-23,25H,3-8,10-11,16-17H2,1-2H3/t22-,23+,25?. The summed E-state index contributed by atoms with van der Waals surface area (Å²) in [5.74, 6) is 8.05. The molecule has 36 heavy (non-hydrogen) atoms. The van der Waals surface area contributed by atoms with Gasteiger partial charge in [0.2, 0.25) is 0 Å². The van der Waals surface area contributed by atoms with Crippen LogP contribution >= 0.6 is 11.3 Å². The molecule has 1 aromatic carbocycles. The Morgan fingerprint density at radius 3 is 2.67 bits per heavy atom. The minimum atomic E-state index is -0.0236. The van der Waals surface area contributed by atoms with Crippen LogP contribution in [0.2, 0.25) is 0 Å². The first-order valence-electron chi connectivity index (χ1n) is 13.6. The summed E-state index contributed by atoms with van der Waals surface area (Å²) in [4.78, 5) is 21.5. The fraction of sp³-hybridized carbons (Fsp3) is 0.533. The molecule has 4 heterocycles. The van der Waals surface area contributed by atoms with Crippen LogP contribution in [0.5, 0.6) is 5.75 Å². The first-order valence-corrected chi connectivity index (χ1v) is 14.5. The third kappa shape index (κ3) is 4.84. The van der Waals surface area contributed by atoms with Crippen molar-refractivity contribution in [2.45, 2.75) is 89.3 Å². The molecule has 5 nitrogen and oxygen atoms in total. The van der Waals surface area contributed by atoms with Crippen LogP contribution in [0, 0.1) is 17.8 Å². The summed E-state index contributed by atoms with van der Waals surface area (Å²) in [6.45, 7) is 2.23. The Labute approximate surface area is 217 Å². The molecule has 0 N–H and O–H groups in total. The van der Waals surface area contributed by atoms with Gasteiger partial charge in [-0.1, -0.05) is 31.6 Å². The van der Waals surface area contributed by atoms with Gasteiger partial charge in [0.25, 0.3) is 5.56 Å². The summed E-state index contributed by atoms with van der Waals surface area (Å²) in [5.41, 5.74) is 2.77. The maximum atomic E-state index is 13.4. The fourth-order valence-corrected chi connectivity index (χ4v) is 6.69. The Morgan fingerprint density at radius 1 is 1.11 bits per heavy atom. The molecule has 6 heteroatoms. The number of hydrogen-bond acceptors (Lipinski definition) is 5. The zero-order valence-corrected chi connectivity index (χ0v) is 22.2. The van der Waals surface area contributed by atoms with Gasteiger partial charge < -0.3 is 9.64 Å². The van der Waals surface area contributed by atoms with Gasteiger partial charge in [0, 0.05) is 18.0 Å². The summed E-state index contributed by atoms with van der Waals surface area (Å²) in [6.07, 6.45) is 13.6. The van der Waals surface area contributed by atoms with Crippen LogP contribution in [0.15, 0.2) is 35.4 Å². The van der Waals surface area contributed by atoms with Crippen molar-refractivity contribution in [3.05, 3.63) is 51.4 Å². The smallest absolute Gasteiger partial charge is 0.275 e. The van der Waals surface area contributed by atoms with E-state index in [1.165, 1.54) is 55.4 Å². The topological polar surface area (TPSA) is 47.4 Å². The molecule has 2 saturated heterocycles. The molecule has 0 radical (unpaired) electrons. The van der Waals surface area contributed by atoms with Crippen LogP contribution < -0.4 is 10.3 Å². The van der Waals surface area contributed by atoms with E-state index in [1.54, 1.807) is 10.9 Å². The number of hydrogen-bond donors (Lipinski definition) is 0. The number of nitrogens with zero attached hydrogens (tertiary/aromatic N) is 3. The Balaban J connectivity index is 1.29.